The minimum atomic E-state index is -4.72. The third kappa shape index (κ3) is 24.8. The summed E-state index contributed by atoms with van der Waals surface area (Å²) < 4.78 is 95.6. The highest BCUT2D eigenvalue weighted by atomic mass is 32.2. The molecule has 6 saturated heterocycles. The first-order valence-corrected chi connectivity index (χ1v) is 39.6. The summed E-state index contributed by atoms with van der Waals surface area (Å²) in [6, 6.07) is 9.95. The molecule has 21 atom stereocenters. The van der Waals surface area contributed by atoms with Crippen molar-refractivity contribution >= 4 is 88.1 Å². The molecule has 6 aliphatic rings. The normalized spacial score (nSPS) is 39.1. The quantitative estimate of drug-likeness (QED) is 0.0902. The molecule has 0 aliphatic carbocycles. The van der Waals surface area contributed by atoms with Crippen LogP contribution in [0.2, 0.25) is 0 Å². The number of Topliss-reactive ketones (excluding diaryl/α,β-unsaturated/α-hetero) is 1. The average molecular weight is 1380 g/mol. The standard InChI is InChI=1S/C31H51N2O8PS2.C26H47NO13P2S2/c1-4-24-29-30(21(2)39-24)44-20-23(13-15-32-3)14-16-33-27(34)12-8-9-17-43-31-25(18-22-10-6-5-7-11-22)40-26(28(31)35)19-38-42(36,37)41-29;1-16(29)7-8-19-9-10-22(30)27-11-5-6-12-43-25-17(2)37-20(13-28)23(25)40-42(33,34)36-14-21-24(39-41(31,32)35-4)26(44-15-19)18(3)38-21/h5-7,10-11,21,23-26,28-32,35H,4,8-9,12-20H2,1-3H3,(H,33,34)(H,36,37);17-21,23-26,28H,5-15H2,1-4H3,(H,27,30)(H,31,32)(H,33,34). The third-order valence-corrected chi connectivity index (χ3v) is 25.8. The van der Waals surface area contributed by atoms with Gasteiger partial charge in [-0.3, -0.25) is 36.7 Å². The van der Waals surface area contributed by atoms with E-state index in [2.05, 4.69) is 20.5 Å². The second-order valence-electron chi connectivity index (χ2n) is 23.3. The highest BCUT2D eigenvalue weighted by Crippen LogP contribution is 2.53. The van der Waals surface area contributed by atoms with E-state index in [1.165, 1.54) is 30.4 Å². The Morgan fingerprint density at radius 2 is 1.32 bits per heavy atom. The number of ketones is 1. The minimum Gasteiger partial charge on any atom is -0.394 e. The SMILES string of the molecule is CCC1OC(C)C2SCC(CCNC)CCNC(=O)CCCCSC3C(Cc4ccccc4)OC(COP(=O)(O)OC12)C3O.COP(=O)(O)OC1C2COP(=O)(O)OC3C(CO)OC(C)C3SCCCCNC(=O)CCC(CCC(C)=O)CSC1C(C)O2. The zero-order chi connectivity index (χ0) is 64.0. The first-order valence-electron chi connectivity index (χ1n) is 30.9. The fraction of sp³-hybridized carbons (Fsp3) is 0.842. The zero-order valence-electron chi connectivity index (χ0n) is 51.8. The fourth-order valence-corrected chi connectivity index (χ4v) is 20.4. The molecular weight excluding hydrogens is 1280 g/mol. The highest BCUT2D eigenvalue weighted by Gasteiger charge is 2.52. The van der Waals surface area contributed by atoms with Gasteiger partial charge in [-0.1, -0.05) is 37.3 Å². The molecule has 21 unspecified atom stereocenters. The molecule has 0 saturated carbocycles. The van der Waals surface area contributed by atoms with Crippen LogP contribution in [0.4, 0.5) is 0 Å². The number of carbonyl (C=O) groups is 3. The Kier molecular flexibility index (Phi) is 33.1. The van der Waals surface area contributed by atoms with Crippen molar-refractivity contribution in [2.24, 2.45) is 11.8 Å². The Morgan fingerprint density at radius 3 is 1.97 bits per heavy atom. The molecule has 0 spiro atoms. The van der Waals surface area contributed by atoms with E-state index in [0.29, 0.717) is 75.5 Å². The highest BCUT2D eigenvalue weighted by molar-refractivity contribution is 8.00. The number of ether oxygens (including phenoxy) is 4. The topological polar surface area (TPSA) is 332 Å². The number of thioether (sulfide) groups is 4. The van der Waals surface area contributed by atoms with Crippen molar-refractivity contribution in [3.63, 3.8) is 0 Å². The van der Waals surface area contributed by atoms with Gasteiger partial charge in [-0.25, -0.2) is 13.7 Å². The summed E-state index contributed by atoms with van der Waals surface area (Å²) in [6.07, 6.45) is 0.544. The van der Waals surface area contributed by atoms with E-state index in [4.69, 9.17) is 41.6 Å². The minimum absolute atomic E-state index is 0.000753. The molecule has 1 aromatic rings. The Labute approximate surface area is 536 Å². The lowest BCUT2D eigenvalue weighted by Crippen LogP contribution is -2.36. The smallest absolute Gasteiger partial charge is 0.394 e. The molecule has 4 bridgehead atoms. The van der Waals surface area contributed by atoms with Gasteiger partial charge in [0.25, 0.3) is 0 Å². The molecular formula is C57H98N3O21P3S4. The molecule has 2 amide bonds. The molecule has 6 aliphatic heterocycles. The number of phosphoric acid groups is 3. The summed E-state index contributed by atoms with van der Waals surface area (Å²) in [7, 11) is -10.8. The lowest BCUT2D eigenvalue weighted by Gasteiger charge is -2.27. The Hall–Kier alpha value is -0.720. The number of hydrogen-bond acceptors (Lipinski definition) is 23. The molecule has 7 rings (SSSR count). The van der Waals surface area contributed by atoms with E-state index in [1.54, 1.807) is 37.4 Å². The zero-order valence-corrected chi connectivity index (χ0v) is 57.7. The van der Waals surface area contributed by atoms with Crippen molar-refractivity contribution in [2.75, 3.05) is 76.6 Å². The van der Waals surface area contributed by atoms with E-state index in [0.717, 1.165) is 69.2 Å². The number of carbonyl (C=O) groups excluding carboxylic acids is 3. The first kappa shape index (κ1) is 76.3. The molecule has 8 N–H and O–H groups in total. The molecule has 6 heterocycles. The van der Waals surface area contributed by atoms with Gasteiger partial charge in [-0.05, 0) is 146 Å². The van der Waals surface area contributed by atoms with Crippen molar-refractivity contribution in [1.29, 1.82) is 0 Å². The van der Waals surface area contributed by atoms with Crippen LogP contribution in [0.25, 0.3) is 0 Å². The maximum absolute atomic E-state index is 13.3. The molecule has 24 nitrogen and oxygen atoms in total. The largest absolute Gasteiger partial charge is 0.472 e. The molecule has 31 heteroatoms. The predicted molar refractivity (Wildman–Crippen MR) is 342 cm³/mol. The van der Waals surface area contributed by atoms with Crippen molar-refractivity contribution in [2.45, 2.75) is 212 Å². The Balaban J connectivity index is 0.000000281. The Bertz CT molecular complexity index is 2420. The van der Waals surface area contributed by atoms with E-state index < -0.39 is 90.8 Å². The van der Waals surface area contributed by atoms with Gasteiger partial charge in [0.15, 0.2) is 0 Å². The summed E-state index contributed by atoms with van der Waals surface area (Å²) in [6.45, 7) is 9.82. The summed E-state index contributed by atoms with van der Waals surface area (Å²) in [5.41, 5.74) is 1.09. The van der Waals surface area contributed by atoms with Crippen LogP contribution in [0.5, 0.6) is 0 Å². The van der Waals surface area contributed by atoms with Gasteiger partial charge >= 0.3 is 23.5 Å². The third-order valence-electron chi connectivity index (χ3n) is 16.4. The number of amides is 2. The van der Waals surface area contributed by atoms with Gasteiger partial charge in [0.1, 0.15) is 42.4 Å². The van der Waals surface area contributed by atoms with Crippen LogP contribution >= 0.6 is 70.5 Å². The molecule has 1 aromatic carbocycles. The van der Waals surface area contributed by atoms with Gasteiger partial charge < -0.3 is 64.6 Å². The summed E-state index contributed by atoms with van der Waals surface area (Å²) >= 11 is 6.23. The molecule has 506 valence electrons. The van der Waals surface area contributed by atoms with Crippen LogP contribution in [-0.4, -0.2) is 213 Å². The number of aliphatic hydroxyl groups excluding tert-OH is 2. The van der Waals surface area contributed by atoms with E-state index >= 15 is 0 Å². The molecule has 0 aromatic heterocycles. The van der Waals surface area contributed by atoms with Crippen LogP contribution in [0.1, 0.15) is 117 Å². The van der Waals surface area contributed by atoms with Gasteiger partial charge in [-0.2, -0.15) is 47.0 Å². The van der Waals surface area contributed by atoms with Crippen molar-refractivity contribution in [3.8, 4) is 0 Å². The van der Waals surface area contributed by atoms with Crippen molar-refractivity contribution in [3.05, 3.63) is 35.9 Å². The second-order valence-corrected chi connectivity index (χ2v) is 32.7. The average Bonchev–Trinajstić information content (AvgIpc) is 2.15. The van der Waals surface area contributed by atoms with Gasteiger partial charge in [0.05, 0.1) is 77.4 Å². The summed E-state index contributed by atoms with van der Waals surface area (Å²) in [4.78, 5) is 68.6. The van der Waals surface area contributed by atoms with E-state index in [9.17, 15) is 53.0 Å². The monoisotopic (exact) mass is 1380 g/mol. The number of nitrogens with one attached hydrogen (secondary N) is 3. The maximum atomic E-state index is 13.3. The first-order chi connectivity index (χ1) is 41.9. The van der Waals surface area contributed by atoms with Crippen LogP contribution < -0.4 is 16.0 Å². The van der Waals surface area contributed by atoms with Crippen LogP contribution in [0.15, 0.2) is 30.3 Å². The number of aliphatic hydroxyl groups is 2. The van der Waals surface area contributed by atoms with Crippen LogP contribution in [0, 0.1) is 11.8 Å². The Morgan fingerprint density at radius 1 is 0.739 bits per heavy atom. The van der Waals surface area contributed by atoms with E-state index in [1.807, 2.05) is 51.2 Å². The summed E-state index contributed by atoms with van der Waals surface area (Å²) in [5, 5.41) is 29.1. The lowest BCUT2D eigenvalue weighted by molar-refractivity contribution is -0.122. The maximum Gasteiger partial charge on any atom is 0.472 e. The van der Waals surface area contributed by atoms with Gasteiger partial charge in [0, 0.05) is 39.5 Å². The van der Waals surface area contributed by atoms with Crippen molar-refractivity contribution in [1.82, 2.24) is 16.0 Å². The van der Waals surface area contributed by atoms with Crippen LogP contribution in [0.3, 0.4) is 0 Å². The van der Waals surface area contributed by atoms with Crippen molar-refractivity contribution < 1.29 is 99.1 Å². The van der Waals surface area contributed by atoms with E-state index in [-0.39, 0.29) is 70.3 Å². The predicted octanol–water partition coefficient (Wildman–Crippen LogP) is 7.24. The number of rotatable bonds is 13. The lowest BCUT2D eigenvalue weighted by atomic mass is 9.98. The summed E-state index contributed by atoms with van der Waals surface area (Å²) in [5.74, 6) is 3.15. The molecule has 6 fully saturated rings. The molecule has 0 radical (unpaired) electrons. The number of hydrogen-bond donors (Lipinski definition) is 8. The van der Waals surface area contributed by atoms with Gasteiger partial charge in [0.2, 0.25) is 11.8 Å². The second kappa shape index (κ2) is 38.1. The number of fused-ring (bicyclic) bond motifs is 6. The number of benzene rings is 1. The number of phosphoric ester groups is 3. The van der Waals surface area contributed by atoms with Crippen LogP contribution in [-0.2, 0) is 80.6 Å². The molecule has 88 heavy (non-hydrogen) atoms. The fourth-order valence-electron chi connectivity index (χ4n) is 11.6. The van der Waals surface area contributed by atoms with Gasteiger partial charge in [-0.15, -0.1) is 0 Å².